The van der Waals surface area contributed by atoms with Crippen LogP contribution in [-0.4, -0.2) is 48.4 Å². The SMILES string of the molecule is O=C(c1cc(C2CC2)[nH]n1)N1CCc2nn(Cc3ccccc3)c(=O)n2CC1. The number of aromatic amines is 1. The molecular formula is C20H22N6O2. The Bertz CT molecular complexity index is 1060. The van der Waals surface area contributed by atoms with Crippen LogP contribution in [0.1, 0.15) is 46.3 Å². The van der Waals surface area contributed by atoms with Gasteiger partial charge in [0, 0.05) is 37.7 Å². The summed E-state index contributed by atoms with van der Waals surface area (Å²) in [6.45, 7) is 1.93. The van der Waals surface area contributed by atoms with Crippen molar-refractivity contribution in [2.45, 2.75) is 38.3 Å². The average molecular weight is 378 g/mol. The molecule has 0 saturated heterocycles. The van der Waals surface area contributed by atoms with Crippen molar-refractivity contribution in [3.63, 3.8) is 0 Å². The number of fused-ring (bicyclic) bond motifs is 1. The Balaban J connectivity index is 1.30. The minimum Gasteiger partial charge on any atom is -0.335 e. The molecule has 28 heavy (non-hydrogen) atoms. The summed E-state index contributed by atoms with van der Waals surface area (Å²) in [5.41, 5.74) is 2.43. The minimum atomic E-state index is -0.121. The number of hydrogen-bond acceptors (Lipinski definition) is 4. The molecule has 0 bridgehead atoms. The van der Waals surface area contributed by atoms with E-state index in [1.807, 2.05) is 36.4 Å². The van der Waals surface area contributed by atoms with Gasteiger partial charge in [-0.1, -0.05) is 30.3 Å². The molecular weight excluding hydrogens is 356 g/mol. The maximum Gasteiger partial charge on any atom is 0.346 e. The van der Waals surface area contributed by atoms with E-state index in [9.17, 15) is 9.59 Å². The van der Waals surface area contributed by atoms with Crippen molar-refractivity contribution in [2.24, 2.45) is 0 Å². The van der Waals surface area contributed by atoms with Gasteiger partial charge in [-0.15, -0.1) is 0 Å². The second-order valence-corrected chi connectivity index (χ2v) is 7.52. The van der Waals surface area contributed by atoms with Gasteiger partial charge in [0.25, 0.3) is 5.91 Å². The Hall–Kier alpha value is -3.16. The van der Waals surface area contributed by atoms with E-state index < -0.39 is 0 Å². The van der Waals surface area contributed by atoms with Crippen molar-refractivity contribution in [2.75, 3.05) is 13.1 Å². The van der Waals surface area contributed by atoms with Gasteiger partial charge in [0.05, 0.1) is 6.54 Å². The van der Waals surface area contributed by atoms with Crippen LogP contribution in [-0.2, 0) is 19.5 Å². The van der Waals surface area contributed by atoms with Crippen molar-refractivity contribution < 1.29 is 4.79 Å². The fraction of sp³-hybridized carbons (Fsp3) is 0.400. The summed E-state index contributed by atoms with van der Waals surface area (Å²) < 4.78 is 3.20. The van der Waals surface area contributed by atoms with Crippen LogP contribution < -0.4 is 5.69 Å². The molecule has 0 spiro atoms. The van der Waals surface area contributed by atoms with Gasteiger partial charge in [0.15, 0.2) is 0 Å². The van der Waals surface area contributed by atoms with Crippen molar-refractivity contribution in [1.29, 1.82) is 0 Å². The molecule has 1 saturated carbocycles. The third-order valence-corrected chi connectivity index (χ3v) is 5.49. The molecule has 3 heterocycles. The summed E-state index contributed by atoms with van der Waals surface area (Å²) in [6.07, 6.45) is 2.88. The molecule has 1 aliphatic carbocycles. The van der Waals surface area contributed by atoms with Crippen molar-refractivity contribution in [3.05, 3.63) is 69.7 Å². The van der Waals surface area contributed by atoms with E-state index in [1.165, 1.54) is 4.68 Å². The van der Waals surface area contributed by atoms with Crippen LogP contribution in [0.4, 0.5) is 0 Å². The number of aromatic nitrogens is 5. The molecule has 8 heteroatoms. The smallest absolute Gasteiger partial charge is 0.335 e. The van der Waals surface area contributed by atoms with Gasteiger partial charge in [0.2, 0.25) is 0 Å². The number of nitrogens with one attached hydrogen (secondary N) is 1. The summed E-state index contributed by atoms with van der Waals surface area (Å²) in [5.74, 6) is 1.18. The maximum absolute atomic E-state index is 12.8. The third-order valence-electron chi connectivity index (χ3n) is 5.49. The third kappa shape index (κ3) is 3.15. The number of amides is 1. The standard InChI is InChI=1S/C20H22N6O2/c27-19(17-12-16(21-22-17)15-6-7-15)24-9-8-18-23-26(20(28)25(18)11-10-24)13-14-4-2-1-3-5-14/h1-5,12,15H,6-11,13H2,(H,21,22). The first-order valence-corrected chi connectivity index (χ1v) is 9.74. The Morgan fingerprint density at radius 3 is 2.75 bits per heavy atom. The van der Waals surface area contributed by atoms with Crippen LogP contribution in [0, 0.1) is 0 Å². The lowest BCUT2D eigenvalue weighted by Gasteiger charge is -2.18. The van der Waals surface area contributed by atoms with Gasteiger partial charge in [-0.3, -0.25) is 14.5 Å². The highest BCUT2D eigenvalue weighted by Gasteiger charge is 2.28. The molecule has 1 fully saturated rings. The zero-order chi connectivity index (χ0) is 19.1. The topological polar surface area (TPSA) is 88.8 Å². The van der Waals surface area contributed by atoms with Crippen LogP contribution in [0.25, 0.3) is 0 Å². The molecule has 8 nitrogen and oxygen atoms in total. The highest BCUT2D eigenvalue weighted by atomic mass is 16.2. The number of H-pyrrole nitrogens is 1. The predicted molar refractivity (Wildman–Crippen MR) is 102 cm³/mol. The van der Waals surface area contributed by atoms with E-state index >= 15 is 0 Å². The van der Waals surface area contributed by atoms with Gasteiger partial charge in [-0.05, 0) is 24.5 Å². The molecule has 5 rings (SSSR count). The lowest BCUT2D eigenvalue weighted by molar-refractivity contribution is 0.0752. The first kappa shape index (κ1) is 17.0. The molecule has 0 atom stereocenters. The number of nitrogens with zero attached hydrogens (tertiary/aromatic N) is 5. The maximum atomic E-state index is 12.8. The predicted octanol–water partition coefficient (Wildman–Crippen LogP) is 1.39. The van der Waals surface area contributed by atoms with E-state index in [4.69, 9.17) is 0 Å². The molecule has 1 N–H and O–H groups in total. The van der Waals surface area contributed by atoms with E-state index in [-0.39, 0.29) is 11.6 Å². The zero-order valence-corrected chi connectivity index (χ0v) is 15.5. The fourth-order valence-corrected chi connectivity index (χ4v) is 3.74. The number of carbonyl (C=O) groups excluding carboxylic acids is 1. The largest absolute Gasteiger partial charge is 0.346 e. The zero-order valence-electron chi connectivity index (χ0n) is 15.5. The quantitative estimate of drug-likeness (QED) is 0.743. The number of rotatable bonds is 4. The number of carbonyl (C=O) groups is 1. The van der Waals surface area contributed by atoms with Gasteiger partial charge >= 0.3 is 5.69 Å². The average Bonchev–Trinajstić information content (AvgIpc) is 3.43. The van der Waals surface area contributed by atoms with Crippen LogP contribution in [0.5, 0.6) is 0 Å². The van der Waals surface area contributed by atoms with Gasteiger partial charge in [-0.2, -0.15) is 10.2 Å². The molecule has 0 unspecified atom stereocenters. The monoisotopic (exact) mass is 378 g/mol. The highest BCUT2D eigenvalue weighted by Crippen LogP contribution is 2.39. The highest BCUT2D eigenvalue weighted by molar-refractivity contribution is 5.92. The van der Waals surface area contributed by atoms with Crippen molar-refractivity contribution in [1.82, 2.24) is 29.4 Å². The minimum absolute atomic E-state index is 0.0847. The lowest BCUT2D eigenvalue weighted by atomic mass is 10.2. The second kappa shape index (κ2) is 6.78. The van der Waals surface area contributed by atoms with E-state index in [0.29, 0.717) is 44.2 Å². The fourth-order valence-electron chi connectivity index (χ4n) is 3.74. The molecule has 1 aliphatic heterocycles. The van der Waals surface area contributed by atoms with Crippen LogP contribution in [0.15, 0.2) is 41.2 Å². The van der Waals surface area contributed by atoms with Crippen molar-refractivity contribution >= 4 is 5.91 Å². The number of benzene rings is 1. The summed E-state index contributed by atoms with van der Waals surface area (Å²) in [6, 6.07) is 11.7. The molecule has 2 aromatic heterocycles. The van der Waals surface area contributed by atoms with Gasteiger partial charge in [-0.25, -0.2) is 9.48 Å². The Morgan fingerprint density at radius 2 is 1.96 bits per heavy atom. The number of hydrogen-bond donors (Lipinski definition) is 1. The lowest BCUT2D eigenvalue weighted by Crippen LogP contribution is -2.35. The molecule has 144 valence electrons. The molecule has 0 radical (unpaired) electrons. The van der Waals surface area contributed by atoms with Gasteiger partial charge < -0.3 is 4.90 Å². The Labute approximate surface area is 161 Å². The molecule has 1 aromatic carbocycles. The molecule has 2 aliphatic rings. The van der Waals surface area contributed by atoms with E-state index in [0.717, 1.165) is 29.9 Å². The summed E-state index contributed by atoms with van der Waals surface area (Å²) in [5, 5.41) is 11.7. The van der Waals surface area contributed by atoms with Crippen LogP contribution >= 0.6 is 0 Å². The van der Waals surface area contributed by atoms with Crippen molar-refractivity contribution in [3.8, 4) is 0 Å². The summed E-state index contributed by atoms with van der Waals surface area (Å²) in [7, 11) is 0. The Kier molecular flexibility index (Phi) is 4.11. The van der Waals surface area contributed by atoms with Crippen LogP contribution in [0.3, 0.4) is 0 Å². The normalized spacial score (nSPS) is 16.6. The van der Waals surface area contributed by atoms with E-state index in [1.54, 1.807) is 9.47 Å². The first-order valence-electron chi connectivity index (χ1n) is 9.74. The first-order chi connectivity index (χ1) is 13.7. The summed E-state index contributed by atoms with van der Waals surface area (Å²) >= 11 is 0. The second-order valence-electron chi connectivity index (χ2n) is 7.52. The molecule has 1 amide bonds. The van der Waals surface area contributed by atoms with Crippen LogP contribution in [0.2, 0.25) is 0 Å². The van der Waals surface area contributed by atoms with E-state index in [2.05, 4.69) is 15.3 Å². The van der Waals surface area contributed by atoms with Gasteiger partial charge in [0.1, 0.15) is 11.5 Å². The Morgan fingerprint density at radius 1 is 1.14 bits per heavy atom. The summed E-state index contributed by atoms with van der Waals surface area (Å²) in [4.78, 5) is 27.3. The molecule has 3 aromatic rings.